The van der Waals surface area contributed by atoms with Gasteiger partial charge in [0.25, 0.3) is 0 Å². The SMILES string of the molecule is COC(=O)c1cc(F)ccc1C(C)Oc1cc(-c2c(C3CC3)nn(C)c2CN(C)C(=O)OC(C)(C)C)cnc1N. The number of halogens is 1. The van der Waals surface area contributed by atoms with Gasteiger partial charge in [-0.3, -0.25) is 4.68 Å². The molecule has 1 aliphatic carbocycles. The standard InChI is InChI=1S/C29H36FN5O5/c1-16(20-11-10-19(30)13-21(20)27(36)38-7)39-23-12-18(14-32-26(23)31)24-22(35(6)33-25(24)17-8-9-17)15-34(5)28(37)40-29(2,3)4/h10-14,16-17H,8-9,15H2,1-7H3,(H2,31,32). The summed E-state index contributed by atoms with van der Waals surface area (Å²) in [6.45, 7) is 7.45. The van der Waals surface area contributed by atoms with E-state index < -0.39 is 29.6 Å². The highest BCUT2D eigenvalue weighted by molar-refractivity contribution is 5.91. The predicted molar refractivity (Wildman–Crippen MR) is 147 cm³/mol. The lowest BCUT2D eigenvalue weighted by atomic mass is 10.0. The lowest BCUT2D eigenvalue weighted by Gasteiger charge is -2.25. The zero-order chi connectivity index (χ0) is 29.4. The van der Waals surface area contributed by atoms with Crippen LogP contribution in [0.25, 0.3) is 11.1 Å². The number of aromatic nitrogens is 3. The molecule has 10 nitrogen and oxygen atoms in total. The van der Waals surface area contributed by atoms with Crippen LogP contribution in [-0.4, -0.2) is 51.5 Å². The molecular weight excluding hydrogens is 517 g/mol. The quantitative estimate of drug-likeness (QED) is 0.369. The molecule has 1 aromatic carbocycles. The summed E-state index contributed by atoms with van der Waals surface area (Å²) >= 11 is 0. The minimum Gasteiger partial charge on any atom is -0.482 e. The largest absolute Gasteiger partial charge is 0.482 e. The van der Waals surface area contributed by atoms with E-state index in [4.69, 9.17) is 25.0 Å². The van der Waals surface area contributed by atoms with Crippen LogP contribution in [0.3, 0.4) is 0 Å². The predicted octanol–water partition coefficient (Wildman–Crippen LogP) is 5.37. The Bertz CT molecular complexity index is 1430. The molecule has 11 heteroatoms. The number of hydrogen-bond acceptors (Lipinski definition) is 8. The molecule has 0 saturated heterocycles. The first-order valence-electron chi connectivity index (χ1n) is 13.1. The van der Waals surface area contributed by atoms with Crippen molar-refractivity contribution in [2.45, 2.75) is 64.7 Å². The molecule has 2 aromatic heterocycles. The number of rotatable bonds is 8. The van der Waals surface area contributed by atoms with E-state index >= 15 is 0 Å². The molecule has 1 atom stereocenters. The summed E-state index contributed by atoms with van der Waals surface area (Å²) in [5.41, 5.74) is 9.41. The zero-order valence-electron chi connectivity index (χ0n) is 23.9. The van der Waals surface area contributed by atoms with Crippen molar-refractivity contribution in [3.05, 3.63) is 58.8 Å². The van der Waals surface area contributed by atoms with E-state index in [0.717, 1.165) is 41.4 Å². The highest BCUT2D eigenvalue weighted by Crippen LogP contribution is 2.46. The number of carbonyl (C=O) groups excluding carboxylic acids is 2. The van der Waals surface area contributed by atoms with Crippen LogP contribution in [0.15, 0.2) is 30.5 Å². The van der Waals surface area contributed by atoms with Crippen molar-refractivity contribution in [1.82, 2.24) is 19.7 Å². The summed E-state index contributed by atoms with van der Waals surface area (Å²) < 4.78 is 32.2. The number of benzene rings is 1. The third kappa shape index (κ3) is 6.35. The van der Waals surface area contributed by atoms with Gasteiger partial charge in [0.1, 0.15) is 17.5 Å². The Morgan fingerprint density at radius 1 is 1.25 bits per heavy atom. The number of esters is 1. The van der Waals surface area contributed by atoms with Gasteiger partial charge < -0.3 is 24.8 Å². The van der Waals surface area contributed by atoms with Crippen LogP contribution < -0.4 is 10.5 Å². The van der Waals surface area contributed by atoms with E-state index in [1.54, 1.807) is 30.9 Å². The smallest absolute Gasteiger partial charge is 0.410 e. The molecular formula is C29H36FN5O5. The fourth-order valence-corrected chi connectivity index (χ4v) is 4.46. The highest BCUT2D eigenvalue weighted by atomic mass is 19.1. The Kier molecular flexibility index (Phi) is 8.04. The molecule has 0 aliphatic heterocycles. The Balaban J connectivity index is 1.69. The summed E-state index contributed by atoms with van der Waals surface area (Å²) in [6, 6.07) is 5.63. The van der Waals surface area contributed by atoms with Gasteiger partial charge in [0.2, 0.25) is 0 Å². The van der Waals surface area contributed by atoms with Crippen LogP contribution in [0.5, 0.6) is 5.75 Å². The summed E-state index contributed by atoms with van der Waals surface area (Å²) in [5, 5.41) is 4.80. The number of nitrogens with two attached hydrogens (primary N) is 1. The highest BCUT2D eigenvalue weighted by Gasteiger charge is 2.33. The van der Waals surface area contributed by atoms with E-state index in [-0.39, 0.29) is 17.9 Å². The molecule has 2 heterocycles. The van der Waals surface area contributed by atoms with Crippen molar-refractivity contribution >= 4 is 17.9 Å². The Morgan fingerprint density at radius 3 is 2.58 bits per heavy atom. The zero-order valence-corrected chi connectivity index (χ0v) is 23.9. The first-order chi connectivity index (χ1) is 18.8. The van der Waals surface area contributed by atoms with E-state index in [0.29, 0.717) is 17.2 Å². The van der Waals surface area contributed by atoms with E-state index in [9.17, 15) is 14.0 Å². The van der Waals surface area contributed by atoms with E-state index in [1.165, 1.54) is 24.1 Å². The minimum atomic E-state index is -0.677. The Labute approximate surface area is 233 Å². The number of carbonyl (C=O) groups is 2. The van der Waals surface area contributed by atoms with Crippen molar-refractivity contribution in [3.8, 4) is 16.9 Å². The molecule has 1 saturated carbocycles. The molecule has 1 amide bonds. The third-order valence-electron chi connectivity index (χ3n) is 6.58. The number of nitrogen functional groups attached to an aromatic ring is 1. The van der Waals surface area contributed by atoms with Gasteiger partial charge in [0.05, 0.1) is 30.6 Å². The second kappa shape index (κ2) is 11.1. The van der Waals surface area contributed by atoms with Gasteiger partial charge >= 0.3 is 12.1 Å². The number of amides is 1. The molecule has 0 radical (unpaired) electrons. The number of hydrogen-bond donors (Lipinski definition) is 1. The van der Waals surface area contributed by atoms with Crippen molar-refractivity contribution in [1.29, 1.82) is 0 Å². The molecule has 3 aromatic rings. The summed E-state index contributed by atoms with van der Waals surface area (Å²) in [4.78, 5) is 30.9. The second-order valence-corrected chi connectivity index (χ2v) is 11.0. The molecule has 40 heavy (non-hydrogen) atoms. The Morgan fingerprint density at radius 2 is 1.95 bits per heavy atom. The minimum absolute atomic E-state index is 0.0634. The number of aryl methyl sites for hydroxylation is 1. The van der Waals surface area contributed by atoms with Crippen LogP contribution in [0, 0.1) is 5.82 Å². The van der Waals surface area contributed by atoms with Crippen molar-refractivity contribution < 1.29 is 28.2 Å². The molecule has 1 fully saturated rings. The van der Waals surface area contributed by atoms with Gasteiger partial charge in [-0.25, -0.2) is 19.0 Å². The number of methoxy groups -OCH3 is 1. The topological polar surface area (TPSA) is 122 Å². The molecule has 0 spiro atoms. The van der Waals surface area contributed by atoms with Gasteiger partial charge in [-0.1, -0.05) is 6.07 Å². The summed E-state index contributed by atoms with van der Waals surface area (Å²) in [6.07, 6.45) is 2.58. The fraction of sp³-hybridized carbons (Fsp3) is 0.448. The molecule has 214 valence electrons. The Hall–Kier alpha value is -4.15. The average molecular weight is 554 g/mol. The van der Waals surface area contributed by atoms with Crippen LogP contribution in [-0.2, 0) is 23.1 Å². The van der Waals surface area contributed by atoms with E-state index in [2.05, 4.69) is 4.98 Å². The van der Waals surface area contributed by atoms with Crippen molar-refractivity contribution in [2.24, 2.45) is 7.05 Å². The van der Waals surface area contributed by atoms with Crippen molar-refractivity contribution in [3.63, 3.8) is 0 Å². The normalized spacial score (nSPS) is 14.0. The molecule has 1 aliphatic rings. The molecule has 4 rings (SSSR count). The van der Waals surface area contributed by atoms with Crippen LogP contribution in [0.1, 0.15) is 79.9 Å². The maximum absolute atomic E-state index is 13.9. The maximum atomic E-state index is 13.9. The lowest BCUT2D eigenvalue weighted by Crippen LogP contribution is -2.34. The summed E-state index contributed by atoms with van der Waals surface area (Å²) in [7, 11) is 4.76. The van der Waals surface area contributed by atoms with Gasteiger partial charge in [-0.15, -0.1) is 0 Å². The van der Waals surface area contributed by atoms with Gasteiger partial charge in [0.15, 0.2) is 11.6 Å². The summed E-state index contributed by atoms with van der Waals surface area (Å²) in [5.74, 6) is -0.478. The first kappa shape index (κ1) is 28.8. The van der Waals surface area contributed by atoms with Gasteiger partial charge in [0, 0.05) is 42.9 Å². The third-order valence-corrected chi connectivity index (χ3v) is 6.58. The number of anilines is 1. The average Bonchev–Trinajstić information content (AvgIpc) is 3.68. The first-order valence-corrected chi connectivity index (χ1v) is 13.1. The fourth-order valence-electron chi connectivity index (χ4n) is 4.46. The molecule has 0 bridgehead atoms. The molecule has 2 N–H and O–H groups in total. The number of nitrogens with zero attached hydrogens (tertiary/aromatic N) is 4. The second-order valence-electron chi connectivity index (χ2n) is 11.0. The van der Waals surface area contributed by atoms with Crippen molar-refractivity contribution in [2.75, 3.05) is 19.9 Å². The van der Waals surface area contributed by atoms with E-state index in [1.807, 2.05) is 27.8 Å². The number of ether oxygens (including phenoxy) is 3. The number of pyridine rings is 1. The monoisotopic (exact) mass is 553 g/mol. The lowest BCUT2D eigenvalue weighted by molar-refractivity contribution is 0.0281. The van der Waals surface area contributed by atoms with Gasteiger partial charge in [-0.05, 0) is 58.7 Å². The van der Waals surface area contributed by atoms with Crippen LogP contribution in [0.2, 0.25) is 0 Å². The van der Waals surface area contributed by atoms with Crippen LogP contribution in [0.4, 0.5) is 15.0 Å². The molecule has 1 unspecified atom stereocenters. The maximum Gasteiger partial charge on any atom is 0.410 e. The van der Waals surface area contributed by atoms with Crippen LogP contribution >= 0.6 is 0 Å². The van der Waals surface area contributed by atoms with Gasteiger partial charge in [-0.2, -0.15) is 5.10 Å².